The molecule has 27 heavy (non-hydrogen) atoms. The first-order valence-corrected chi connectivity index (χ1v) is 9.18. The number of rotatable bonds is 9. The summed E-state index contributed by atoms with van der Waals surface area (Å²) in [6.07, 6.45) is 2.66. The summed E-state index contributed by atoms with van der Waals surface area (Å²) in [4.78, 5) is 24.2. The van der Waals surface area contributed by atoms with Crippen molar-refractivity contribution < 1.29 is 28.6 Å². The van der Waals surface area contributed by atoms with Crippen LogP contribution in [-0.2, 0) is 4.74 Å². The van der Waals surface area contributed by atoms with Crippen LogP contribution >= 0.6 is 0 Å². The number of nitrogens with one attached hydrogen (secondary N) is 1. The Hall–Kier alpha value is -2.35. The van der Waals surface area contributed by atoms with E-state index in [0.29, 0.717) is 44.5 Å². The van der Waals surface area contributed by atoms with Gasteiger partial charge >= 0.3 is 6.09 Å². The predicted molar refractivity (Wildman–Crippen MR) is 97.7 cm³/mol. The van der Waals surface area contributed by atoms with E-state index in [1.807, 2.05) is 0 Å². The average Bonchev–Trinajstić information content (AvgIpc) is 2.66. The Labute approximate surface area is 158 Å². The molecule has 1 aliphatic heterocycles. The second-order valence-corrected chi connectivity index (χ2v) is 6.59. The average molecular weight is 382 g/mol. The number of methoxy groups -OCH3 is 1. The Morgan fingerprint density at radius 1 is 1.30 bits per heavy atom. The number of piperidine rings is 1. The maximum atomic E-state index is 14.1. The molecule has 0 radical (unpaired) electrons. The van der Waals surface area contributed by atoms with Gasteiger partial charge in [-0.15, -0.1) is 0 Å². The van der Waals surface area contributed by atoms with E-state index in [2.05, 4.69) is 5.32 Å². The van der Waals surface area contributed by atoms with Crippen LogP contribution < -0.4 is 10.1 Å². The van der Waals surface area contributed by atoms with Gasteiger partial charge in [0.1, 0.15) is 11.6 Å². The number of carbonyl (C=O) groups is 2. The Morgan fingerprint density at radius 3 is 2.67 bits per heavy atom. The number of nitrogens with zero attached hydrogens (tertiary/aromatic N) is 1. The molecule has 1 aromatic rings. The summed E-state index contributed by atoms with van der Waals surface area (Å²) in [5.41, 5.74) is -0.0244. The molecule has 0 aliphatic carbocycles. The number of benzene rings is 1. The van der Waals surface area contributed by atoms with Crippen LogP contribution in [0.2, 0.25) is 0 Å². The Bertz CT molecular complexity index is 633. The zero-order chi connectivity index (χ0) is 19.6. The number of hydrogen-bond donors (Lipinski definition) is 2. The number of halogens is 1. The van der Waals surface area contributed by atoms with Crippen molar-refractivity contribution in [1.82, 2.24) is 10.2 Å². The van der Waals surface area contributed by atoms with E-state index in [9.17, 15) is 14.0 Å². The fourth-order valence-corrected chi connectivity index (χ4v) is 3.11. The highest BCUT2D eigenvalue weighted by molar-refractivity contribution is 5.94. The number of ether oxygens (including phenoxy) is 2. The molecule has 0 unspecified atom stereocenters. The highest BCUT2D eigenvalue weighted by Crippen LogP contribution is 2.22. The third-order valence-electron chi connectivity index (χ3n) is 4.69. The molecule has 2 amide bonds. The summed E-state index contributed by atoms with van der Waals surface area (Å²) in [6, 6.07) is 4.21. The van der Waals surface area contributed by atoms with Crippen LogP contribution in [0.15, 0.2) is 18.2 Å². The number of amides is 2. The number of likely N-dealkylation sites (tertiary alicyclic amines) is 1. The molecule has 1 heterocycles. The highest BCUT2D eigenvalue weighted by Gasteiger charge is 2.21. The van der Waals surface area contributed by atoms with Crippen LogP contribution in [0.25, 0.3) is 0 Å². The van der Waals surface area contributed by atoms with Crippen molar-refractivity contribution in [2.75, 3.05) is 40.0 Å². The number of carbonyl (C=O) groups excluding carboxylic acids is 1. The molecule has 1 fully saturated rings. The Balaban J connectivity index is 1.70. The third kappa shape index (κ3) is 6.71. The van der Waals surface area contributed by atoms with Crippen LogP contribution in [0.1, 0.15) is 36.0 Å². The molecule has 1 aromatic carbocycles. The van der Waals surface area contributed by atoms with E-state index in [1.165, 1.54) is 24.1 Å². The monoisotopic (exact) mass is 382 g/mol. The van der Waals surface area contributed by atoms with Gasteiger partial charge in [-0.2, -0.15) is 0 Å². The fourth-order valence-electron chi connectivity index (χ4n) is 3.11. The first-order valence-electron chi connectivity index (χ1n) is 9.18. The molecule has 1 aliphatic rings. The zero-order valence-electron chi connectivity index (χ0n) is 15.6. The van der Waals surface area contributed by atoms with Gasteiger partial charge in [0, 0.05) is 32.8 Å². The van der Waals surface area contributed by atoms with Gasteiger partial charge in [-0.3, -0.25) is 4.79 Å². The largest absolute Gasteiger partial charge is 0.493 e. The molecule has 2 N–H and O–H groups in total. The van der Waals surface area contributed by atoms with Gasteiger partial charge in [0.25, 0.3) is 5.91 Å². The van der Waals surface area contributed by atoms with Gasteiger partial charge in [0.2, 0.25) is 0 Å². The normalized spacial score (nSPS) is 14.8. The Kier molecular flexibility index (Phi) is 8.32. The molecule has 0 aromatic heterocycles. The van der Waals surface area contributed by atoms with Crippen LogP contribution in [0, 0.1) is 11.7 Å². The lowest BCUT2D eigenvalue weighted by Gasteiger charge is -2.29. The summed E-state index contributed by atoms with van der Waals surface area (Å²) in [6.45, 7) is 2.31. The van der Waals surface area contributed by atoms with Crippen LogP contribution in [-0.4, -0.2) is 62.0 Å². The number of hydrogen-bond acceptors (Lipinski definition) is 4. The molecule has 7 nitrogen and oxygen atoms in total. The van der Waals surface area contributed by atoms with Gasteiger partial charge in [-0.1, -0.05) is 0 Å². The summed E-state index contributed by atoms with van der Waals surface area (Å²) >= 11 is 0. The SMILES string of the molecule is COCCNC(=O)c1ccc(OCCCC2CCN(C(=O)O)CC2)cc1F. The third-order valence-corrected chi connectivity index (χ3v) is 4.69. The van der Waals surface area contributed by atoms with Gasteiger partial charge < -0.3 is 24.8 Å². The summed E-state index contributed by atoms with van der Waals surface area (Å²) < 4.78 is 24.5. The van der Waals surface area contributed by atoms with Crippen molar-refractivity contribution in [1.29, 1.82) is 0 Å². The van der Waals surface area contributed by atoms with Crippen molar-refractivity contribution in [2.24, 2.45) is 5.92 Å². The second kappa shape index (κ2) is 10.7. The minimum Gasteiger partial charge on any atom is -0.493 e. The minimum atomic E-state index is -0.852. The Morgan fingerprint density at radius 2 is 2.04 bits per heavy atom. The summed E-state index contributed by atoms with van der Waals surface area (Å²) in [7, 11) is 1.53. The molecule has 150 valence electrons. The van der Waals surface area contributed by atoms with E-state index < -0.39 is 17.8 Å². The van der Waals surface area contributed by atoms with Gasteiger partial charge in [-0.05, 0) is 43.7 Å². The van der Waals surface area contributed by atoms with Crippen LogP contribution in [0.4, 0.5) is 9.18 Å². The lowest BCUT2D eigenvalue weighted by molar-refractivity contribution is 0.0932. The highest BCUT2D eigenvalue weighted by atomic mass is 19.1. The molecular formula is C19H27FN2O5. The van der Waals surface area contributed by atoms with Gasteiger partial charge in [0.15, 0.2) is 0 Å². The van der Waals surface area contributed by atoms with Crippen molar-refractivity contribution in [3.8, 4) is 5.75 Å². The standard InChI is InChI=1S/C19H27FN2O5/c1-26-12-8-21-18(23)16-5-4-15(13-17(16)20)27-11-2-3-14-6-9-22(10-7-14)19(24)25/h4-5,13-14H,2-3,6-12H2,1H3,(H,21,23)(H,24,25). The van der Waals surface area contributed by atoms with E-state index >= 15 is 0 Å². The molecule has 0 atom stereocenters. The molecular weight excluding hydrogens is 355 g/mol. The lowest BCUT2D eigenvalue weighted by atomic mass is 9.92. The van der Waals surface area contributed by atoms with Crippen molar-refractivity contribution in [2.45, 2.75) is 25.7 Å². The first-order chi connectivity index (χ1) is 13.0. The predicted octanol–water partition coefficient (Wildman–Crippen LogP) is 2.75. The quantitative estimate of drug-likeness (QED) is 0.641. The summed E-state index contributed by atoms with van der Waals surface area (Å²) in [5, 5.41) is 11.5. The molecule has 1 saturated heterocycles. The first kappa shape index (κ1) is 21.0. The van der Waals surface area contributed by atoms with E-state index in [1.54, 1.807) is 6.07 Å². The van der Waals surface area contributed by atoms with Gasteiger partial charge in [0.05, 0.1) is 18.8 Å². The topological polar surface area (TPSA) is 88.1 Å². The molecule has 8 heteroatoms. The zero-order valence-corrected chi connectivity index (χ0v) is 15.6. The molecule has 2 rings (SSSR count). The van der Waals surface area contributed by atoms with Gasteiger partial charge in [-0.25, -0.2) is 9.18 Å². The summed E-state index contributed by atoms with van der Waals surface area (Å²) in [5.74, 6) is -0.215. The maximum Gasteiger partial charge on any atom is 0.407 e. The maximum absolute atomic E-state index is 14.1. The second-order valence-electron chi connectivity index (χ2n) is 6.59. The van der Waals surface area contributed by atoms with E-state index in [4.69, 9.17) is 14.6 Å². The van der Waals surface area contributed by atoms with Crippen molar-refractivity contribution in [3.63, 3.8) is 0 Å². The van der Waals surface area contributed by atoms with Crippen molar-refractivity contribution in [3.05, 3.63) is 29.6 Å². The molecule has 0 spiro atoms. The van der Waals surface area contributed by atoms with E-state index in [-0.39, 0.29) is 5.56 Å². The van der Waals surface area contributed by atoms with Crippen LogP contribution in [0.5, 0.6) is 5.75 Å². The van der Waals surface area contributed by atoms with Crippen molar-refractivity contribution >= 4 is 12.0 Å². The molecule has 0 bridgehead atoms. The smallest absolute Gasteiger partial charge is 0.407 e. The fraction of sp³-hybridized carbons (Fsp3) is 0.579. The van der Waals surface area contributed by atoms with Crippen LogP contribution in [0.3, 0.4) is 0 Å². The molecule has 0 saturated carbocycles. The van der Waals surface area contributed by atoms with E-state index in [0.717, 1.165) is 25.7 Å². The lowest BCUT2D eigenvalue weighted by Crippen LogP contribution is -2.37. The number of carboxylic acid groups (broad SMARTS) is 1. The minimum absolute atomic E-state index is 0.0244.